The van der Waals surface area contributed by atoms with E-state index < -0.39 is 0 Å². The normalized spacial score (nSPS) is 13.7. The van der Waals surface area contributed by atoms with E-state index in [1.165, 1.54) is 0 Å². The van der Waals surface area contributed by atoms with Gasteiger partial charge in [0.05, 0.1) is 0 Å². The van der Waals surface area contributed by atoms with Crippen molar-refractivity contribution < 1.29 is 19.2 Å². The van der Waals surface area contributed by atoms with Gasteiger partial charge in [-0.2, -0.15) is 0 Å². The molecular formula is C13H30PPd. The molecule has 0 aromatic heterocycles. The van der Waals surface area contributed by atoms with Crippen molar-refractivity contribution in [3.8, 4) is 0 Å². The summed E-state index contributed by atoms with van der Waals surface area (Å²) in [6.07, 6.45) is 0. The molecule has 0 rings (SSSR count). The molecule has 0 radical (unpaired) electrons. The van der Waals surface area contributed by atoms with E-state index in [-0.39, 0.29) is 7.92 Å². The van der Waals surface area contributed by atoms with Crippen molar-refractivity contribution in [3.63, 3.8) is 0 Å². The van der Waals surface area contributed by atoms with E-state index in [2.05, 4.69) is 81.5 Å². The summed E-state index contributed by atoms with van der Waals surface area (Å²) < 4.78 is 0. The third kappa shape index (κ3) is 7.10. The Morgan fingerprint density at radius 2 is 0.667 bits per heavy atom. The maximum atomic E-state index is 2.75. The molecule has 0 aromatic carbocycles. The second-order valence-electron chi connectivity index (χ2n) is 6.85. The average Bonchev–Trinajstić information content (AvgIpc) is 1.79. The van der Waals surface area contributed by atoms with Crippen molar-refractivity contribution in [3.05, 3.63) is 0 Å². The topological polar surface area (TPSA) is 0 Å². The van der Waals surface area contributed by atoms with Crippen LogP contribution in [0.1, 0.15) is 62.3 Å². The summed E-state index contributed by atoms with van der Waals surface area (Å²) in [6, 6.07) is 0. The molecule has 0 aliphatic heterocycles. The van der Waals surface area contributed by atoms with Crippen LogP contribution in [0.5, 0.6) is 0 Å². The van der Waals surface area contributed by atoms with Gasteiger partial charge in [-0.05, 0) is 15.5 Å². The monoisotopic (exact) mass is 323 g/mol. The summed E-state index contributed by atoms with van der Waals surface area (Å²) in [7, 11) is 0.0162. The van der Waals surface area contributed by atoms with Crippen LogP contribution in [0.2, 0.25) is 5.40 Å². The van der Waals surface area contributed by atoms with Gasteiger partial charge in [0.25, 0.3) is 0 Å². The molecule has 2 heteroatoms. The number of rotatable bonds is 0. The van der Waals surface area contributed by atoms with Gasteiger partial charge in [-0.25, -0.2) is 0 Å². The molecular weight excluding hydrogens is 294 g/mol. The molecule has 0 amide bonds. The van der Waals surface area contributed by atoms with E-state index in [4.69, 9.17) is 0 Å². The summed E-state index contributed by atoms with van der Waals surface area (Å²) in [6.45, 7) is 21.5. The Morgan fingerprint density at radius 3 is 0.667 bits per heavy atom. The van der Waals surface area contributed by atoms with E-state index in [0.717, 1.165) is 0 Å². The van der Waals surface area contributed by atoms with E-state index in [1.54, 1.807) is 0 Å². The minimum absolute atomic E-state index is 0.0162. The zero-order valence-electron chi connectivity index (χ0n) is 12.3. The Bertz CT molecular complexity index is 133. The Kier molecular flexibility index (Phi) is 7.56. The second kappa shape index (κ2) is 6.14. The van der Waals surface area contributed by atoms with Gasteiger partial charge >= 0.3 is 24.6 Å². The van der Waals surface area contributed by atoms with Gasteiger partial charge in [-0.15, -0.1) is 0 Å². The van der Waals surface area contributed by atoms with Crippen LogP contribution in [0.3, 0.4) is 0 Å². The van der Waals surface area contributed by atoms with E-state index in [0.29, 0.717) is 15.5 Å². The Morgan fingerprint density at radius 1 is 0.533 bits per heavy atom. The van der Waals surface area contributed by atoms with Gasteiger partial charge in [0, 0.05) is 0 Å². The molecule has 0 aliphatic carbocycles. The molecule has 0 spiro atoms. The molecule has 97 valence electrons. The first-order valence-corrected chi connectivity index (χ1v) is 8.38. The summed E-state index contributed by atoms with van der Waals surface area (Å²) >= 11 is 2.75. The molecule has 0 bridgehead atoms. The SMILES string of the molecule is CC(C)(C)P(C(C)(C)C)C(C)(C)C.[CH3][Pd]. The van der Waals surface area contributed by atoms with Crippen molar-refractivity contribution in [2.24, 2.45) is 0 Å². The molecule has 0 atom stereocenters. The van der Waals surface area contributed by atoms with Crippen LogP contribution < -0.4 is 0 Å². The molecule has 0 fully saturated rings. The van der Waals surface area contributed by atoms with Crippen LogP contribution in [-0.4, -0.2) is 15.5 Å². The summed E-state index contributed by atoms with van der Waals surface area (Å²) in [5.41, 5.74) is 0. The number of hydrogen-bond acceptors (Lipinski definition) is 0. The van der Waals surface area contributed by atoms with Gasteiger partial charge in [0.1, 0.15) is 0 Å². The first kappa shape index (κ1) is 18.5. The minimum atomic E-state index is 0.0162. The first-order valence-electron chi connectivity index (χ1n) is 5.49. The third-order valence-corrected chi connectivity index (χ3v) is 6.04. The summed E-state index contributed by atoms with van der Waals surface area (Å²) in [5, 5.41) is 3.20. The Hall–Kier alpha value is 1.09. The van der Waals surface area contributed by atoms with Crippen molar-refractivity contribution in [2.75, 3.05) is 0 Å². The molecule has 0 unspecified atom stereocenters. The van der Waals surface area contributed by atoms with Crippen molar-refractivity contribution in [2.45, 2.75) is 83.2 Å². The fraction of sp³-hybridized carbons (Fsp3) is 1.00. The quantitative estimate of drug-likeness (QED) is 0.411. The van der Waals surface area contributed by atoms with Gasteiger partial charge in [-0.3, -0.25) is 0 Å². The maximum absolute atomic E-state index is 2.75. The molecule has 0 aliphatic rings. The fourth-order valence-electron chi connectivity index (χ4n) is 3.02. The molecule has 0 aromatic rings. The van der Waals surface area contributed by atoms with Gasteiger partial charge in [0.15, 0.2) is 0 Å². The zero-order chi connectivity index (χ0) is 13.1. The second-order valence-corrected chi connectivity index (χ2v) is 11.5. The average molecular weight is 324 g/mol. The predicted octanol–water partition coefficient (Wildman–Crippen LogP) is 5.45. The van der Waals surface area contributed by atoms with Crippen LogP contribution in [0, 0.1) is 0 Å². The Labute approximate surface area is 110 Å². The molecule has 0 nitrogen and oxygen atoms in total. The van der Waals surface area contributed by atoms with Gasteiger partial charge < -0.3 is 0 Å². The van der Waals surface area contributed by atoms with E-state index >= 15 is 0 Å². The first-order chi connectivity index (χ1) is 6.37. The molecule has 0 saturated carbocycles. The van der Waals surface area contributed by atoms with Crippen LogP contribution in [0.25, 0.3) is 0 Å². The molecule has 15 heavy (non-hydrogen) atoms. The Balaban J connectivity index is 0. The molecule has 0 saturated heterocycles. The number of hydrogen-bond donors (Lipinski definition) is 0. The van der Waals surface area contributed by atoms with Crippen molar-refractivity contribution >= 4 is 7.92 Å². The summed E-state index contributed by atoms with van der Waals surface area (Å²) in [4.78, 5) is 0. The molecule has 0 heterocycles. The van der Waals surface area contributed by atoms with E-state index in [9.17, 15) is 0 Å². The molecule has 0 N–H and O–H groups in total. The summed E-state index contributed by atoms with van der Waals surface area (Å²) in [5.74, 6) is 0. The standard InChI is InChI=1S/C12H27P.CH3.Pd/c1-10(2,3)13(11(4,5)6)12(7,8)9;;/h1-9H3;1H3;. The van der Waals surface area contributed by atoms with E-state index in [1.807, 2.05) is 5.40 Å². The van der Waals surface area contributed by atoms with Gasteiger partial charge in [0.2, 0.25) is 0 Å². The van der Waals surface area contributed by atoms with Crippen LogP contribution in [0.4, 0.5) is 0 Å². The van der Waals surface area contributed by atoms with Gasteiger partial charge in [-0.1, -0.05) is 70.2 Å². The fourth-order valence-corrected chi connectivity index (χ4v) is 9.06. The van der Waals surface area contributed by atoms with Crippen LogP contribution >= 0.6 is 7.92 Å². The van der Waals surface area contributed by atoms with Crippen LogP contribution in [0.15, 0.2) is 0 Å². The third-order valence-electron chi connectivity index (χ3n) is 2.01. The zero-order valence-corrected chi connectivity index (χ0v) is 14.7. The van der Waals surface area contributed by atoms with Crippen LogP contribution in [-0.2, 0) is 19.2 Å². The van der Waals surface area contributed by atoms with Crippen molar-refractivity contribution in [1.29, 1.82) is 0 Å². The predicted molar refractivity (Wildman–Crippen MR) is 72.0 cm³/mol. The van der Waals surface area contributed by atoms with Crippen molar-refractivity contribution in [1.82, 2.24) is 0 Å².